The van der Waals surface area contributed by atoms with E-state index in [-0.39, 0.29) is 17.9 Å². The molecule has 1 aliphatic rings. The fraction of sp³-hybridized carbons (Fsp3) is 0.562. The molecule has 1 amide bonds. The van der Waals surface area contributed by atoms with Crippen molar-refractivity contribution < 1.29 is 9.90 Å². The van der Waals surface area contributed by atoms with Gasteiger partial charge in [-0.3, -0.25) is 4.79 Å². The number of hydrogen-bond acceptors (Lipinski definition) is 2. The van der Waals surface area contributed by atoms with Gasteiger partial charge in [-0.1, -0.05) is 43.9 Å². The van der Waals surface area contributed by atoms with E-state index < -0.39 is 0 Å². The molecule has 0 spiro atoms. The summed E-state index contributed by atoms with van der Waals surface area (Å²) in [5.41, 5.74) is 6.94. The summed E-state index contributed by atoms with van der Waals surface area (Å²) in [6.07, 6.45) is 7.66. The summed E-state index contributed by atoms with van der Waals surface area (Å²) in [5.74, 6) is -0.377. The van der Waals surface area contributed by atoms with E-state index in [0.717, 1.165) is 24.8 Å². The molecule has 0 aromatic heterocycles. The predicted octanol–water partition coefficient (Wildman–Crippen LogP) is 2.66. The van der Waals surface area contributed by atoms with Crippen LogP contribution in [0.4, 0.5) is 0 Å². The van der Waals surface area contributed by atoms with Gasteiger partial charge in [0.25, 0.3) is 0 Å². The largest absolute Gasteiger partial charge is 0.396 e. The molecular formula is C16H23NO2. The molecule has 3 heteroatoms. The van der Waals surface area contributed by atoms with E-state index in [1.807, 2.05) is 18.2 Å². The minimum absolute atomic E-state index is 0.0674. The maximum Gasteiger partial charge on any atom is 0.248 e. The smallest absolute Gasteiger partial charge is 0.248 e. The van der Waals surface area contributed by atoms with Crippen LogP contribution in [0.15, 0.2) is 24.3 Å². The van der Waals surface area contributed by atoms with Crippen LogP contribution in [0.2, 0.25) is 0 Å². The quantitative estimate of drug-likeness (QED) is 0.818. The molecule has 0 aliphatic heterocycles. The molecule has 0 heterocycles. The highest BCUT2D eigenvalue weighted by Crippen LogP contribution is 2.38. The number of benzene rings is 1. The van der Waals surface area contributed by atoms with Gasteiger partial charge in [-0.05, 0) is 36.3 Å². The molecule has 0 radical (unpaired) electrons. The lowest BCUT2D eigenvalue weighted by Gasteiger charge is -2.31. The van der Waals surface area contributed by atoms with Crippen LogP contribution in [0.1, 0.15) is 54.4 Å². The zero-order valence-corrected chi connectivity index (χ0v) is 11.4. The van der Waals surface area contributed by atoms with Crippen molar-refractivity contribution in [2.45, 2.75) is 44.9 Å². The zero-order chi connectivity index (χ0) is 13.7. The molecule has 0 saturated heterocycles. The van der Waals surface area contributed by atoms with Crippen molar-refractivity contribution in [3.05, 3.63) is 35.4 Å². The van der Waals surface area contributed by atoms with E-state index in [1.54, 1.807) is 6.07 Å². The Kier molecular flexibility index (Phi) is 4.59. The van der Waals surface area contributed by atoms with Gasteiger partial charge in [-0.15, -0.1) is 0 Å². The lowest BCUT2D eigenvalue weighted by molar-refractivity contribution is 0.0983. The monoisotopic (exact) mass is 261 g/mol. The Morgan fingerprint density at radius 3 is 2.37 bits per heavy atom. The number of amides is 1. The molecule has 0 unspecified atom stereocenters. The van der Waals surface area contributed by atoms with Gasteiger partial charge in [-0.25, -0.2) is 0 Å². The highest BCUT2D eigenvalue weighted by molar-refractivity contribution is 5.94. The Bertz CT molecular complexity index is 434. The van der Waals surface area contributed by atoms with E-state index >= 15 is 0 Å². The first-order valence-corrected chi connectivity index (χ1v) is 7.15. The second-order valence-electron chi connectivity index (χ2n) is 5.77. The minimum Gasteiger partial charge on any atom is -0.396 e. The lowest BCUT2D eigenvalue weighted by Crippen LogP contribution is -2.29. The van der Waals surface area contributed by atoms with Crippen LogP contribution in [-0.2, 0) is 6.42 Å². The Balaban J connectivity index is 2.24. The molecule has 3 nitrogen and oxygen atoms in total. The lowest BCUT2D eigenvalue weighted by atomic mass is 9.75. The molecule has 19 heavy (non-hydrogen) atoms. The summed E-state index contributed by atoms with van der Waals surface area (Å²) in [4.78, 5) is 11.5. The minimum atomic E-state index is -0.377. The van der Waals surface area contributed by atoms with E-state index in [1.165, 1.54) is 25.7 Å². The van der Waals surface area contributed by atoms with Crippen molar-refractivity contribution in [1.82, 2.24) is 0 Å². The number of hydrogen-bond donors (Lipinski definition) is 2. The topological polar surface area (TPSA) is 63.3 Å². The summed E-state index contributed by atoms with van der Waals surface area (Å²) in [7, 11) is 0. The summed E-state index contributed by atoms with van der Waals surface area (Å²) >= 11 is 0. The SMILES string of the molecule is NC(=O)c1ccccc1CC1(CO)CCCCCC1. The van der Waals surface area contributed by atoms with Crippen molar-refractivity contribution in [1.29, 1.82) is 0 Å². The molecule has 0 bridgehead atoms. The van der Waals surface area contributed by atoms with Crippen LogP contribution in [-0.4, -0.2) is 17.6 Å². The second-order valence-corrected chi connectivity index (χ2v) is 5.77. The van der Waals surface area contributed by atoms with Crippen LogP contribution >= 0.6 is 0 Å². The van der Waals surface area contributed by atoms with E-state index in [9.17, 15) is 9.90 Å². The Labute approximate surface area is 114 Å². The van der Waals surface area contributed by atoms with Gasteiger partial charge in [0.05, 0.1) is 0 Å². The standard InChI is InChI=1S/C16H23NO2/c17-15(19)14-8-4-3-7-13(14)11-16(12-18)9-5-1-2-6-10-16/h3-4,7-8,18H,1-2,5-6,9-12H2,(H2,17,19). The fourth-order valence-corrected chi connectivity index (χ4v) is 3.19. The molecule has 3 N–H and O–H groups in total. The van der Waals surface area contributed by atoms with Gasteiger partial charge < -0.3 is 10.8 Å². The zero-order valence-electron chi connectivity index (χ0n) is 11.4. The van der Waals surface area contributed by atoms with Crippen molar-refractivity contribution >= 4 is 5.91 Å². The number of aliphatic hydroxyl groups is 1. The third kappa shape index (κ3) is 3.35. The second kappa shape index (κ2) is 6.20. The highest BCUT2D eigenvalue weighted by Gasteiger charge is 2.31. The Morgan fingerprint density at radius 1 is 1.16 bits per heavy atom. The van der Waals surface area contributed by atoms with Gasteiger partial charge in [0.1, 0.15) is 0 Å². The van der Waals surface area contributed by atoms with Crippen LogP contribution in [0.25, 0.3) is 0 Å². The molecule has 1 aromatic carbocycles. The first-order chi connectivity index (χ1) is 9.17. The molecule has 1 fully saturated rings. The number of nitrogens with two attached hydrogens (primary N) is 1. The van der Waals surface area contributed by atoms with Crippen LogP contribution in [0.5, 0.6) is 0 Å². The third-order valence-electron chi connectivity index (χ3n) is 4.35. The van der Waals surface area contributed by atoms with Gasteiger partial charge >= 0.3 is 0 Å². The van der Waals surface area contributed by atoms with E-state index in [0.29, 0.717) is 5.56 Å². The molecule has 2 rings (SSSR count). The maximum atomic E-state index is 11.5. The number of aliphatic hydroxyl groups excluding tert-OH is 1. The average Bonchev–Trinajstić information content (AvgIpc) is 2.65. The molecular weight excluding hydrogens is 238 g/mol. The number of carbonyl (C=O) groups excluding carboxylic acids is 1. The van der Waals surface area contributed by atoms with Crippen molar-refractivity contribution in [3.8, 4) is 0 Å². The van der Waals surface area contributed by atoms with Gasteiger partial charge in [0, 0.05) is 12.2 Å². The first-order valence-electron chi connectivity index (χ1n) is 7.15. The normalized spacial score (nSPS) is 18.8. The number of primary amides is 1. The highest BCUT2D eigenvalue weighted by atomic mass is 16.3. The van der Waals surface area contributed by atoms with Crippen molar-refractivity contribution in [2.24, 2.45) is 11.1 Å². The Hall–Kier alpha value is -1.35. The fourth-order valence-electron chi connectivity index (χ4n) is 3.19. The van der Waals surface area contributed by atoms with Crippen LogP contribution in [0, 0.1) is 5.41 Å². The van der Waals surface area contributed by atoms with E-state index in [2.05, 4.69) is 0 Å². The average molecular weight is 261 g/mol. The molecule has 0 atom stereocenters. The van der Waals surface area contributed by atoms with Crippen LogP contribution in [0.3, 0.4) is 0 Å². The summed E-state index contributed by atoms with van der Waals surface area (Å²) < 4.78 is 0. The van der Waals surface area contributed by atoms with Crippen molar-refractivity contribution in [2.75, 3.05) is 6.61 Å². The van der Waals surface area contributed by atoms with Crippen molar-refractivity contribution in [3.63, 3.8) is 0 Å². The molecule has 1 saturated carbocycles. The third-order valence-corrected chi connectivity index (χ3v) is 4.35. The van der Waals surface area contributed by atoms with Crippen LogP contribution < -0.4 is 5.73 Å². The number of rotatable bonds is 4. The Morgan fingerprint density at radius 2 is 1.79 bits per heavy atom. The predicted molar refractivity (Wildman–Crippen MR) is 75.9 cm³/mol. The summed E-state index contributed by atoms with van der Waals surface area (Å²) in [6, 6.07) is 7.51. The first kappa shape index (κ1) is 14.1. The van der Waals surface area contributed by atoms with Gasteiger partial charge in [0.2, 0.25) is 5.91 Å². The number of carbonyl (C=O) groups is 1. The van der Waals surface area contributed by atoms with Gasteiger partial charge in [-0.2, -0.15) is 0 Å². The summed E-state index contributed by atoms with van der Waals surface area (Å²) in [6.45, 7) is 0.195. The molecule has 1 aromatic rings. The van der Waals surface area contributed by atoms with Gasteiger partial charge in [0.15, 0.2) is 0 Å². The maximum absolute atomic E-state index is 11.5. The van der Waals surface area contributed by atoms with E-state index in [4.69, 9.17) is 5.73 Å². The molecule has 104 valence electrons. The summed E-state index contributed by atoms with van der Waals surface area (Å²) in [5, 5.41) is 9.84. The molecule has 1 aliphatic carbocycles.